The molecule has 0 saturated heterocycles. The Morgan fingerprint density at radius 1 is 1.40 bits per heavy atom. The van der Waals surface area contributed by atoms with Crippen LogP contribution in [0.5, 0.6) is 0 Å². The van der Waals surface area contributed by atoms with E-state index in [1.807, 2.05) is 36.0 Å². The summed E-state index contributed by atoms with van der Waals surface area (Å²) in [5.41, 5.74) is 0.978. The van der Waals surface area contributed by atoms with Crippen molar-refractivity contribution in [2.45, 2.75) is 19.9 Å². The second kappa shape index (κ2) is 4.97. The minimum Gasteiger partial charge on any atom is -0.481 e. The van der Waals surface area contributed by atoms with Crippen LogP contribution >= 0.6 is 11.3 Å². The Kier molecular flexibility index (Phi) is 3.15. The van der Waals surface area contributed by atoms with Crippen molar-refractivity contribution in [3.63, 3.8) is 0 Å². The molecule has 102 valence electrons. The smallest absolute Gasteiger partial charge is 0.309 e. The number of hydrogen-bond donors (Lipinski definition) is 1. The number of nitrogens with zero attached hydrogens (tertiary/aromatic N) is 5. The lowest BCUT2D eigenvalue weighted by Crippen LogP contribution is -2.33. The molecule has 3 heterocycles. The minimum atomic E-state index is -0.800. The summed E-state index contributed by atoms with van der Waals surface area (Å²) in [7, 11) is 0. The molecule has 0 aliphatic rings. The molecule has 0 spiro atoms. The fourth-order valence-corrected chi connectivity index (χ4v) is 2.70. The van der Waals surface area contributed by atoms with Crippen LogP contribution in [-0.2, 0) is 11.3 Å². The highest BCUT2D eigenvalue weighted by molar-refractivity contribution is 7.19. The molecule has 0 aliphatic heterocycles. The fraction of sp³-hybridized carbons (Fsp3) is 0.250. The number of aliphatic carboxylic acids is 1. The van der Waals surface area contributed by atoms with E-state index in [1.165, 1.54) is 11.3 Å². The molecule has 0 fully saturated rings. The average Bonchev–Trinajstić information content (AvgIpc) is 3.00. The van der Waals surface area contributed by atoms with E-state index in [9.17, 15) is 4.79 Å². The van der Waals surface area contributed by atoms with Crippen LogP contribution in [0, 0.1) is 6.92 Å². The van der Waals surface area contributed by atoms with E-state index in [0.717, 1.165) is 21.4 Å². The molecule has 0 unspecified atom stereocenters. The molecule has 3 aromatic rings. The number of fused-ring (bicyclic) bond motifs is 1. The number of hydrogen-bond acceptors (Lipinski definition) is 5. The van der Waals surface area contributed by atoms with Gasteiger partial charge < -0.3 is 5.11 Å². The number of aryl methyl sites for hydroxylation is 2. The topological polar surface area (TPSA) is 84.3 Å². The Morgan fingerprint density at radius 2 is 2.15 bits per heavy atom. The van der Waals surface area contributed by atoms with Gasteiger partial charge in [-0.25, -0.2) is 4.57 Å². The SMILES string of the molecule is Cc1nnc2sc(-c3cc[n+](CCC(=O)O)cc3)nn12. The van der Waals surface area contributed by atoms with E-state index in [-0.39, 0.29) is 6.42 Å². The van der Waals surface area contributed by atoms with Gasteiger partial charge in [-0.1, -0.05) is 11.3 Å². The van der Waals surface area contributed by atoms with Crippen molar-refractivity contribution in [3.05, 3.63) is 30.4 Å². The number of aromatic nitrogens is 5. The monoisotopic (exact) mass is 290 g/mol. The van der Waals surface area contributed by atoms with Crippen LogP contribution in [0.15, 0.2) is 24.5 Å². The molecule has 0 bridgehead atoms. The first kappa shape index (κ1) is 12.7. The lowest BCUT2D eigenvalue weighted by atomic mass is 10.3. The normalized spacial score (nSPS) is 11.1. The molecule has 20 heavy (non-hydrogen) atoms. The summed E-state index contributed by atoms with van der Waals surface area (Å²) in [6.45, 7) is 2.31. The molecule has 0 radical (unpaired) electrons. The molecule has 0 amide bonds. The summed E-state index contributed by atoms with van der Waals surface area (Å²) in [6, 6.07) is 3.84. The average molecular weight is 290 g/mol. The van der Waals surface area contributed by atoms with Gasteiger partial charge in [0.1, 0.15) is 11.4 Å². The Balaban J connectivity index is 1.84. The summed E-state index contributed by atoms with van der Waals surface area (Å²) in [4.78, 5) is 11.3. The molecular formula is C12H12N5O2S+. The lowest BCUT2D eigenvalue weighted by molar-refractivity contribution is -0.695. The maximum atomic E-state index is 10.5. The molecule has 7 nitrogen and oxygen atoms in total. The molecule has 8 heteroatoms. The third kappa shape index (κ3) is 2.37. The second-order valence-electron chi connectivity index (χ2n) is 4.32. The highest BCUT2D eigenvalue weighted by Gasteiger charge is 2.12. The van der Waals surface area contributed by atoms with Gasteiger partial charge in [-0.15, -0.1) is 10.2 Å². The van der Waals surface area contributed by atoms with E-state index in [4.69, 9.17) is 5.11 Å². The molecular weight excluding hydrogens is 278 g/mol. The first-order chi connectivity index (χ1) is 9.63. The van der Waals surface area contributed by atoms with E-state index < -0.39 is 5.97 Å². The Morgan fingerprint density at radius 3 is 2.80 bits per heavy atom. The maximum absolute atomic E-state index is 10.5. The largest absolute Gasteiger partial charge is 0.481 e. The highest BCUT2D eigenvalue weighted by Crippen LogP contribution is 2.24. The van der Waals surface area contributed by atoms with Gasteiger partial charge >= 0.3 is 5.97 Å². The van der Waals surface area contributed by atoms with Crippen LogP contribution in [0.2, 0.25) is 0 Å². The van der Waals surface area contributed by atoms with E-state index in [0.29, 0.717) is 6.54 Å². The summed E-state index contributed by atoms with van der Waals surface area (Å²) >= 11 is 1.47. The fourth-order valence-electron chi connectivity index (χ4n) is 1.81. The third-order valence-corrected chi connectivity index (χ3v) is 3.82. The molecule has 3 rings (SSSR count). The summed E-state index contributed by atoms with van der Waals surface area (Å²) < 4.78 is 3.55. The quantitative estimate of drug-likeness (QED) is 0.722. The van der Waals surface area contributed by atoms with Crippen molar-refractivity contribution in [3.8, 4) is 10.6 Å². The summed E-state index contributed by atoms with van der Waals surface area (Å²) in [6.07, 6.45) is 3.82. The maximum Gasteiger partial charge on any atom is 0.309 e. The zero-order valence-electron chi connectivity index (χ0n) is 10.7. The summed E-state index contributed by atoms with van der Waals surface area (Å²) in [5, 5.41) is 21.9. The molecule has 0 aromatic carbocycles. The predicted molar refractivity (Wildman–Crippen MR) is 71.3 cm³/mol. The standard InChI is InChI=1S/C12H11N5O2S/c1-8-13-14-12-17(8)15-11(20-12)9-2-5-16(6-3-9)7-4-10(18)19/h2-3,5-6H,4,7H2,1H3/p+1. The van der Waals surface area contributed by atoms with Gasteiger partial charge in [0, 0.05) is 17.7 Å². The Labute approximate surface area is 118 Å². The third-order valence-electron chi connectivity index (χ3n) is 2.87. The van der Waals surface area contributed by atoms with Gasteiger partial charge in [0.05, 0.1) is 0 Å². The predicted octanol–water partition coefficient (Wildman–Crippen LogP) is 0.923. The molecule has 0 saturated carbocycles. The minimum absolute atomic E-state index is 0.111. The molecule has 3 aromatic heterocycles. The van der Waals surface area contributed by atoms with Crippen molar-refractivity contribution in [2.75, 3.05) is 0 Å². The number of pyridine rings is 1. The Hall–Kier alpha value is -2.35. The van der Waals surface area contributed by atoms with Crippen molar-refractivity contribution >= 4 is 22.3 Å². The van der Waals surface area contributed by atoms with Crippen LogP contribution < -0.4 is 4.57 Å². The number of carboxylic acids is 1. The number of carboxylic acid groups (broad SMARTS) is 1. The van der Waals surface area contributed by atoms with Gasteiger partial charge in [-0.3, -0.25) is 4.79 Å². The molecule has 1 N–H and O–H groups in total. The van der Waals surface area contributed by atoms with Gasteiger partial charge in [0.2, 0.25) is 4.96 Å². The van der Waals surface area contributed by atoms with Gasteiger partial charge in [-0.05, 0) is 6.92 Å². The van der Waals surface area contributed by atoms with E-state index >= 15 is 0 Å². The first-order valence-corrected chi connectivity index (χ1v) is 6.85. The number of carbonyl (C=O) groups is 1. The van der Waals surface area contributed by atoms with Crippen LogP contribution in [0.1, 0.15) is 12.2 Å². The van der Waals surface area contributed by atoms with Gasteiger partial charge in [0.25, 0.3) is 0 Å². The van der Waals surface area contributed by atoms with Gasteiger partial charge in [0.15, 0.2) is 24.8 Å². The van der Waals surface area contributed by atoms with Crippen molar-refractivity contribution < 1.29 is 14.5 Å². The summed E-state index contributed by atoms with van der Waals surface area (Å²) in [5.74, 6) is -0.0411. The van der Waals surface area contributed by atoms with E-state index in [1.54, 1.807) is 4.52 Å². The molecule has 0 atom stereocenters. The van der Waals surface area contributed by atoms with Crippen LogP contribution in [-0.4, -0.2) is 30.9 Å². The Bertz CT molecular complexity index is 762. The van der Waals surface area contributed by atoms with Gasteiger partial charge in [-0.2, -0.15) is 9.61 Å². The van der Waals surface area contributed by atoms with Crippen molar-refractivity contribution in [1.82, 2.24) is 19.8 Å². The van der Waals surface area contributed by atoms with Crippen LogP contribution in [0.25, 0.3) is 15.5 Å². The highest BCUT2D eigenvalue weighted by atomic mass is 32.1. The molecule has 0 aliphatic carbocycles. The number of rotatable bonds is 4. The van der Waals surface area contributed by atoms with Crippen molar-refractivity contribution in [1.29, 1.82) is 0 Å². The zero-order chi connectivity index (χ0) is 14.1. The van der Waals surface area contributed by atoms with Crippen LogP contribution in [0.3, 0.4) is 0 Å². The lowest BCUT2D eigenvalue weighted by Gasteiger charge is -1.96. The zero-order valence-corrected chi connectivity index (χ0v) is 11.5. The van der Waals surface area contributed by atoms with Crippen molar-refractivity contribution in [2.24, 2.45) is 0 Å². The second-order valence-corrected chi connectivity index (χ2v) is 5.27. The van der Waals surface area contributed by atoms with E-state index in [2.05, 4.69) is 15.3 Å². The van der Waals surface area contributed by atoms with Crippen LogP contribution in [0.4, 0.5) is 0 Å². The first-order valence-electron chi connectivity index (χ1n) is 6.03.